The quantitative estimate of drug-likeness (QED) is 0.692. The highest BCUT2D eigenvalue weighted by Gasteiger charge is 2.16. The van der Waals surface area contributed by atoms with Crippen molar-refractivity contribution >= 4 is 11.7 Å². The Labute approximate surface area is 159 Å². The number of carbonyl (C=O) groups excluding carboxylic acids is 1. The van der Waals surface area contributed by atoms with E-state index in [0.717, 1.165) is 11.1 Å². The van der Waals surface area contributed by atoms with Gasteiger partial charge in [0.1, 0.15) is 0 Å². The second-order valence-corrected chi connectivity index (χ2v) is 6.48. The van der Waals surface area contributed by atoms with Crippen LogP contribution >= 0.6 is 0 Å². The normalized spacial score (nSPS) is 10.9. The van der Waals surface area contributed by atoms with Gasteiger partial charge in [-0.3, -0.25) is 0 Å². The van der Waals surface area contributed by atoms with Crippen molar-refractivity contribution in [2.45, 2.75) is 26.0 Å². The van der Waals surface area contributed by atoms with Crippen LogP contribution in [0.5, 0.6) is 17.2 Å². The average Bonchev–Trinajstić information content (AvgIpc) is 2.65. The summed E-state index contributed by atoms with van der Waals surface area (Å²) in [4.78, 5) is 12.2. The number of aliphatic hydroxyl groups is 1. The maximum atomic E-state index is 12.2. The zero-order valence-electron chi connectivity index (χ0n) is 16.3. The van der Waals surface area contributed by atoms with Crippen molar-refractivity contribution in [3.8, 4) is 17.2 Å². The highest BCUT2D eigenvalue weighted by Crippen LogP contribution is 2.39. The number of hydrogen-bond acceptors (Lipinski definition) is 5. The molecule has 0 saturated carbocycles. The molecule has 146 valence electrons. The van der Waals surface area contributed by atoms with Crippen molar-refractivity contribution < 1.29 is 24.1 Å². The number of ether oxygens (including phenoxy) is 3. The Morgan fingerprint density at radius 3 is 2.00 bits per heavy atom. The lowest BCUT2D eigenvalue weighted by Crippen LogP contribution is -2.28. The van der Waals surface area contributed by atoms with Crippen LogP contribution in [-0.2, 0) is 12.1 Å². The van der Waals surface area contributed by atoms with Crippen molar-refractivity contribution in [1.29, 1.82) is 0 Å². The second-order valence-electron chi connectivity index (χ2n) is 6.48. The van der Waals surface area contributed by atoms with Crippen LogP contribution in [-0.4, -0.2) is 32.5 Å². The molecular formula is C20H26N2O5. The van der Waals surface area contributed by atoms with Crippen molar-refractivity contribution in [3.05, 3.63) is 47.5 Å². The maximum Gasteiger partial charge on any atom is 0.319 e. The molecule has 27 heavy (non-hydrogen) atoms. The zero-order valence-corrected chi connectivity index (χ0v) is 16.3. The molecule has 2 rings (SSSR count). The highest BCUT2D eigenvalue weighted by molar-refractivity contribution is 5.90. The molecule has 0 aliphatic carbocycles. The van der Waals surface area contributed by atoms with Crippen LogP contribution in [0, 0.1) is 0 Å². The summed E-state index contributed by atoms with van der Waals surface area (Å²) in [6.07, 6.45) is 0. The molecule has 0 spiro atoms. The van der Waals surface area contributed by atoms with Crippen LogP contribution in [0.3, 0.4) is 0 Å². The van der Waals surface area contributed by atoms with E-state index in [0.29, 0.717) is 29.5 Å². The molecule has 0 unspecified atom stereocenters. The zero-order chi connectivity index (χ0) is 20.0. The third-order valence-electron chi connectivity index (χ3n) is 4.04. The van der Waals surface area contributed by atoms with E-state index >= 15 is 0 Å². The van der Waals surface area contributed by atoms with Crippen LogP contribution in [0.4, 0.5) is 10.5 Å². The Bertz CT molecular complexity index is 757. The second kappa shape index (κ2) is 8.64. The molecule has 0 radical (unpaired) electrons. The van der Waals surface area contributed by atoms with Gasteiger partial charge in [0.15, 0.2) is 11.5 Å². The molecule has 2 aromatic rings. The van der Waals surface area contributed by atoms with Crippen LogP contribution in [0.25, 0.3) is 0 Å². The van der Waals surface area contributed by atoms with Gasteiger partial charge in [-0.05, 0) is 25.0 Å². The molecule has 0 fully saturated rings. The van der Waals surface area contributed by atoms with E-state index in [1.807, 2.05) is 24.3 Å². The van der Waals surface area contributed by atoms with Crippen LogP contribution in [0.1, 0.15) is 25.0 Å². The number of anilines is 1. The number of benzene rings is 2. The predicted molar refractivity (Wildman–Crippen MR) is 104 cm³/mol. The molecule has 0 atom stereocenters. The van der Waals surface area contributed by atoms with Gasteiger partial charge in [-0.25, -0.2) is 4.79 Å². The lowest BCUT2D eigenvalue weighted by Gasteiger charge is -2.18. The van der Waals surface area contributed by atoms with Crippen LogP contribution in [0.15, 0.2) is 36.4 Å². The molecule has 7 heteroatoms. The molecule has 0 saturated heterocycles. The van der Waals surface area contributed by atoms with Gasteiger partial charge < -0.3 is 30.0 Å². The summed E-state index contributed by atoms with van der Waals surface area (Å²) in [6, 6.07) is 10.4. The topological polar surface area (TPSA) is 89.1 Å². The molecule has 0 aromatic heterocycles. The first-order valence-electron chi connectivity index (χ1n) is 8.45. The molecule has 0 heterocycles. The summed E-state index contributed by atoms with van der Waals surface area (Å²) in [5, 5.41) is 15.5. The fourth-order valence-corrected chi connectivity index (χ4v) is 2.54. The summed E-state index contributed by atoms with van der Waals surface area (Å²) in [5.41, 5.74) is 1.35. The van der Waals surface area contributed by atoms with Gasteiger partial charge in [-0.15, -0.1) is 0 Å². The molecule has 2 amide bonds. The largest absolute Gasteiger partial charge is 0.493 e. The Hall–Kier alpha value is -2.93. The van der Waals surface area contributed by atoms with Crippen LogP contribution in [0.2, 0.25) is 0 Å². The lowest BCUT2D eigenvalue weighted by molar-refractivity contribution is 0.0786. The number of urea groups is 1. The molecular weight excluding hydrogens is 348 g/mol. The minimum atomic E-state index is -0.893. The number of methoxy groups -OCH3 is 3. The minimum absolute atomic E-state index is 0.350. The molecule has 7 nitrogen and oxygen atoms in total. The van der Waals surface area contributed by atoms with E-state index in [2.05, 4.69) is 10.6 Å². The maximum absolute atomic E-state index is 12.2. The molecule has 2 aromatic carbocycles. The molecule has 0 aliphatic heterocycles. The van der Waals surface area contributed by atoms with Crippen molar-refractivity contribution in [2.24, 2.45) is 0 Å². The van der Waals surface area contributed by atoms with Gasteiger partial charge >= 0.3 is 6.03 Å². The van der Waals surface area contributed by atoms with Gasteiger partial charge in [0.25, 0.3) is 0 Å². The number of hydrogen-bond donors (Lipinski definition) is 3. The van der Waals surface area contributed by atoms with Crippen molar-refractivity contribution in [2.75, 3.05) is 26.6 Å². The fraction of sp³-hybridized carbons (Fsp3) is 0.350. The Kier molecular flexibility index (Phi) is 6.52. The molecule has 0 aliphatic rings. The van der Waals surface area contributed by atoms with Gasteiger partial charge in [-0.2, -0.15) is 0 Å². The van der Waals surface area contributed by atoms with Crippen molar-refractivity contribution in [3.63, 3.8) is 0 Å². The number of rotatable bonds is 7. The summed E-state index contributed by atoms with van der Waals surface area (Å²) in [7, 11) is 4.54. The molecule has 0 bridgehead atoms. The van der Waals surface area contributed by atoms with Crippen molar-refractivity contribution in [1.82, 2.24) is 5.32 Å². The number of nitrogens with one attached hydrogen (secondary N) is 2. The van der Waals surface area contributed by atoms with E-state index in [4.69, 9.17) is 14.2 Å². The average molecular weight is 374 g/mol. The van der Waals surface area contributed by atoms with Gasteiger partial charge in [0, 0.05) is 18.7 Å². The highest BCUT2D eigenvalue weighted by atomic mass is 16.5. The Morgan fingerprint density at radius 1 is 1.00 bits per heavy atom. The SMILES string of the molecule is COc1cc(NC(=O)NCc2ccc(C(C)(C)O)cc2)cc(OC)c1OC. The van der Waals surface area contributed by atoms with Gasteiger partial charge in [0.05, 0.1) is 32.6 Å². The number of carbonyl (C=O) groups is 1. The van der Waals surface area contributed by atoms with Gasteiger partial charge in [-0.1, -0.05) is 24.3 Å². The lowest BCUT2D eigenvalue weighted by atomic mass is 9.97. The number of amides is 2. The van der Waals surface area contributed by atoms with Gasteiger partial charge in [0.2, 0.25) is 5.75 Å². The summed E-state index contributed by atoms with van der Waals surface area (Å²) in [6.45, 7) is 3.80. The fourth-order valence-electron chi connectivity index (χ4n) is 2.54. The minimum Gasteiger partial charge on any atom is -0.493 e. The summed E-state index contributed by atoms with van der Waals surface area (Å²) in [5.74, 6) is 1.36. The third kappa shape index (κ3) is 5.27. The summed E-state index contributed by atoms with van der Waals surface area (Å²) >= 11 is 0. The predicted octanol–water partition coefficient (Wildman–Crippen LogP) is 3.26. The smallest absolute Gasteiger partial charge is 0.319 e. The molecule has 3 N–H and O–H groups in total. The van der Waals surface area contributed by atoms with E-state index in [1.54, 1.807) is 26.0 Å². The Balaban J connectivity index is 2.01. The van der Waals surface area contributed by atoms with E-state index in [1.165, 1.54) is 21.3 Å². The standard InChI is InChI=1S/C20H26N2O5/c1-20(2,24)14-8-6-13(7-9-14)12-21-19(23)22-15-10-16(25-3)18(27-5)17(11-15)26-4/h6-11,24H,12H2,1-5H3,(H2,21,22,23). The van der Waals surface area contributed by atoms with E-state index in [-0.39, 0.29) is 6.03 Å². The van der Waals surface area contributed by atoms with E-state index in [9.17, 15) is 9.90 Å². The first kappa shape index (κ1) is 20.4. The summed E-state index contributed by atoms with van der Waals surface area (Å²) < 4.78 is 15.8. The Morgan fingerprint density at radius 2 is 1.56 bits per heavy atom. The first-order chi connectivity index (χ1) is 12.8. The van der Waals surface area contributed by atoms with E-state index < -0.39 is 5.60 Å². The van der Waals surface area contributed by atoms with Crippen LogP contribution < -0.4 is 24.8 Å². The monoisotopic (exact) mass is 374 g/mol. The first-order valence-corrected chi connectivity index (χ1v) is 8.45. The third-order valence-corrected chi connectivity index (χ3v) is 4.04.